The second-order valence-electron chi connectivity index (χ2n) is 2.82. The Hall–Kier alpha value is -1.01. The number of rotatable bonds is 4. The van der Waals surface area contributed by atoms with Crippen molar-refractivity contribution in [2.24, 2.45) is 0 Å². The molecule has 0 radical (unpaired) electrons. The van der Waals surface area contributed by atoms with Crippen molar-refractivity contribution < 1.29 is 8.42 Å². The van der Waals surface area contributed by atoms with Crippen LogP contribution in [-0.2, 0) is 10.0 Å². The maximum absolute atomic E-state index is 11.6. The zero-order valence-electron chi connectivity index (χ0n) is 8.14. The van der Waals surface area contributed by atoms with E-state index in [0.29, 0.717) is 12.2 Å². The molecule has 1 N–H and O–H groups in total. The Morgan fingerprint density at radius 2 is 2.21 bits per heavy atom. The van der Waals surface area contributed by atoms with Crippen LogP contribution in [0.25, 0.3) is 0 Å². The third kappa shape index (κ3) is 2.49. The fraction of sp³-hybridized carbons (Fsp3) is 0.500. The lowest BCUT2D eigenvalue weighted by atomic mass is 10.3. The molecular weight excluding hydrogens is 202 g/mol. The summed E-state index contributed by atoms with van der Waals surface area (Å²) >= 11 is 0. The summed E-state index contributed by atoms with van der Waals surface area (Å²) in [7, 11) is -3.32. The number of hydrogen-bond donors (Lipinski definition) is 1. The molecule has 0 fully saturated rings. The van der Waals surface area contributed by atoms with Gasteiger partial charge in [-0.2, -0.15) is 0 Å². The summed E-state index contributed by atoms with van der Waals surface area (Å²) in [5.74, 6) is 0. The van der Waals surface area contributed by atoms with Crippen molar-refractivity contribution in [3.63, 3.8) is 0 Å². The van der Waals surface area contributed by atoms with Gasteiger partial charge in [0.15, 0.2) is 0 Å². The van der Waals surface area contributed by atoms with E-state index >= 15 is 0 Å². The summed E-state index contributed by atoms with van der Waals surface area (Å²) in [5.41, 5.74) is 0.452. The number of aromatic nitrogens is 2. The Labute approximate surface area is 83.6 Å². The van der Waals surface area contributed by atoms with Crippen LogP contribution < -0.4 is 4.72 Å². The number of hydrogen-bond acceptors (Lipinski definition) is 4. The molecule has 1 rings (SSSR count). The standard InChI is InChI=1S/C8H13N3O2S/c1-3-11-14(12,13)7(2)8-6-9-4-5-10-8/h4-7,11H,3H2,1-2H3/t7-/m1/s1. The zero-order valence-corrected chi connectivity index (χ0v) is 8.95. The van der Waals surface area contributed by atoms with Crippen molar-refractivity contribution in [1.29, 1.82) is 0 Å². The molecule has 1 heterocycles. The first kappa shape index (κ1) is 11.1. The average Bonchev–Trinajstić information content (AvgIpc) is 2.18. The average molecular weight is 215 g/mol. The third-order valence-electron chi connectivity index (χ3n) is 1.81. The molecule has 1 aromatic heterocycles. The van der Waals surface area contributed by atoms with Crippen molar-refractivity contribution in [2.75, 3.05) is 6.54 Å². The molecule has 0 aliphatic heterocycles. The quantitative estimate of drug-likeness (QED) is 0.792. The maximum Gasteiger partial charge on any atom is 0.220 e. The van der Waals surface area contributed by atoms with Gasteiger partial charge in [-0.3, -0.25) is 9.97 Å². The molecular formula is C8H13N3O2S. The second kappa shape index (κ2) is 4.47. The van der Waals surface area contributed by atoms with Gasteiger partial charge in [0, 0.05) is 25.1 Å². The van der Waals surface area contributed by atoms with Gasteiger partial charge < -0.3 is 0 Å². The highest BCUT2D eigenvalue weighted by atomic mass is 32.2. The molecule has 0 bridgehead atoms. The molecule has 6 heteroatoms. The maximum atomic E-state index is 11.6. The van der Waals surface area contributed by atoms with Crippen LogP contribution in [0.5, 0.6) is 0 Å². The lowest BCUT2D eigenvalue weighted by molar-refractivity contribution is 0.572. The fourth-order valence-electron chi connectivity index (χ4n) is 1.01. The van der Waals surface area contributed by atoms with E-state index in [1.807, 2.05) is 0 Å². The molecule has 14 heavy (non-hydrogen) atoms. The third-order valence-corrected chi connectivity index (χ3v) is 3.67. The Morgan fingerprint density at radius 1 is 1.50 bits per heavy atom. The van der Waals surface area contributed by atoms with E-state index in [4.69, 9.17) is 0 Å². The fourth-order valence-corrected chi connectivity index (χ4v) is 2.10. The Balaban J connectivity index is 2.91. The van der Waals surface area contributed by atoms with Crippen molar-refractivity contribution in [3.8, 4) is 0 Å². The summed E-state index contributed by atoms with van der Waals surface area (Å²) in [6.07, 6.45) is 4.45. The minimum atomic E-state index is -3.32. The molecule has 5 nitrogen and oxygen atoms in total. The van der Waals surface area contributed by atoms with Crippen LogP contribution in [0.2, 0.25) is 0 Å². The molecule has 1 atom stereocenters. The molecule has 0 aliphatic carbocycles. The van der Waals surface area contributed by atoms with Gasteiger partial charge in [0.25, 0.3) is 0 Å². The lowest BCUT2D eigenvalue weighted by Gasteiger charge is -2.11. The molecule has 0 amide bonds. The van der Waals surface area contributed by atoms with Crippen molar-refractivity contribution in [3.05, 3.63) is 24.3 Å². The van der Waals surface area contributed by atoms with E-state index < -0.39 is 15.3 Å². The van der Waals surface area contributed by atoms with Gasteiger partial charge >= 0.3 is 0 Å². The van der Waals surface area contributed by atoms with Gasteiger partial charge in [-0.25, -0.2) is 13.1 Å². The van der Waals surface area contributed by atoms with Crippen molar-refractivity contribution in [1.82, 2.24) is 14.7 Å². The van der Waals surface area contributed by atoms with Gasteiger partial charge in [0.2, 0.25) is 10.0 Å². The number of nitrogens with one attached hydrogen (secondary N) is 1. The van der Waals surface area contributed by atoms with Crippen LogP contribution in [0.4, 0.5) is 0 Å². The van der Waals surface area contributed by atoms with Gasteiger partial charge in [0.05, 0.1) is 5.69 Å². The van der Waals surface area contributed by atoms with Crippen LogP contribution in [0.15, 0.2) is 18.6 Å². The minimum absolute atomic E-state index is 0.382. The van der Waals surface area contributed by atoms with Crippen LogP contribution in [0.1, 0.15) is 24.8 Å². The zero-order chi connectivity index (χ0) is 10.6. The van der Waals surface area contributed by atoms with E-state index in [1.165, 1.54) is 18.6 Å². The van der Waals surface area contributed by atoms with Crippen LogP contribution in [-0.4, -0.2) is 24.9 Å². The first-order chi connectivity index (χ1) is 6.58. The summed E-state index contributed by atoms with van der Waals surface area (Å²) in [5, 5.41) is -0.670. The normalized spacial score (nSPS) is 13.9. The summed E-state index contributed by atoms with van der Waals surface area (Å²) in [6, 6.07) is 0. The highest BCUT2D eigenvalue weighted by molar-refractivity contribution is 7.89. The first-order valence-electron chi connectivity index (χ1n) is 4.32. The van der Waals surface area contributed by atoms with E-state index in [0.717, 1.165) is 0 Å². The number of nitrogens with zero attached hydrogens (tertiary/aromatic N) is 2. The lowest BCUT2D eigenvalue weighted by Crippen LogP contribution is -2.28. The molecule has 0 saturated heterocycles. The molecule has 0 spiro atoms. The summed E-state index contributed by atoms with van der Waals surface area (Å²) < 4.78 is 25.5. The summed E-state index contributed by atoms with van der Waals surface area (Å²) in [6.45, 7) is 3.70. The molecule has 0 aliphatic rings. The van der Waals surface area contributed by atoms with Gasteiger partial charge in [-0.1, -0.05) is 6.92 Å². The minimum Gasteiger partial charge on any atom is -0.261 e. The van der Waals surface area contributed by atoms with Gasteiger partial charge in [-0.15, -0.1) is 0 Å². The Kier molecular flexibility index (Phi) is 3.54. The van der Waals surface area contributed by atoms with Crippen LogP contribution in [0.3, 0.4) is 0 Å². The van der Waals surface area contributed by atoms with Crippen LogP contribution in [0, 0.1) is 0 Å². The topological polar surface area (TPSA) is 72.0 Å². The highest BCUT2D eigenvalue weighted by Crippen LogP contribution is 2.16. The molecule has 0 saturated carbocycles. The van der Waals surface area contributed by atoms with E-state index in [1.54, 1.807) is 13.8 Å². The SMILES string of the molecule is CCNS(=O)(=O)[C@H](C)c1cnccn1. The van der Waals surface area contributed by atoms with E-state index in [-0.39, 0.29) is 0 Å². The Bertz CT molecular complexity index is 377. The predicted molar refractivity (Wildman–Crippen MR) is 53.0 cm³/mol. The van der Waals surface area contributed by atoms with Crippen LogP contribution >= 0.6 is 0 Å². The van der Waals surface area contributed by atoms with Gasteiger partial charge in [-0.05, 0) is 6.92 Å². The van der Waals surface area contributed by atoms with Gasteiger partial charge in [0.1, 0.15) is 5.25 Å². The highest BCUT2D eigenvalue weighted by Gasteiger charge is 2.22. The molecule has 0 unspecified atom stereocenters. The molecule has 1 aromatic rings. The largest absolute Gasteiger partial charge is 0.261 e. The molecule has 0 aromatic carbocycles. The molecule has 78 valence electrons. The van der Waals surface area contributed by atoms with Crippen molar-refractivity contribution >= 4 is 10.0 Å². The van der Waals surface area contributed by atoms with E-state index in [2.05, 4.69) is 14.7 Å². The van der Waals surface area contributed by atoms with E-state index in [9.17, 15) is 8.42 Å². The number of sulfonamides is 1. The Morgan fingerprint density at radius 3 is 2.71 bits per heavy atom. The monoisotopic (exact) mass is 215 g/mol. The first-order valence-corrected chi connectivity index (χ1v) is 5.87. The summed E-state index contributed by atoms with van der Waals surface area (Å²) in [4.78, 5) is 7.77. The smallest absolute Gasteiger partial charge is 0.220 e. The van der Waals surface area contributed by atoms with Crippen molar-refractivity contribution in [2.45, 2.75) is 19.1 Å². The predicted octanol–water partition coefficient (Wildman–Crippen LogP) is 0.477. The second-order valence-corrected chi connectivity index (χ2v) is 4.90.